The zero-order chi connectivity index (χ0) is 18.0. The van der Waals surface area contributed by atoms with E-state index in [1.165, 1.54) is 31.4 Å². The number of ether oxygens (including phenoxy) is 1. The summed E-state index contributed by atoms with van der Waals surface area (Å²) in [6, 6.07) is 6.75. The zero-order valence-electron chi connectivity index (χ0n) is 12.9. The van der Waals surface area contributed by atoms with Gasteiger partial charge in [-0.2, -0.15) is 4.52 Å². The minimum absolute atomic E-state index is 0.0126. The quantitative estimate of drug-likeness (QED) is 0.712. The van der Waals surface area contributed by atoms with Crippen LogP contribution in [0.15, 0.2) is 30.3 Å². The van der Waals surface area contributed by atoms with E-state index in [2.05, 4.69) is 25.3 Å². The van der Waals surface area contributed by atoms with Gasteiger partial charge in [-0.3, -0.25) is 0 Å². The number of halogens is 3. The smallest absolute Gasteiger partial charge is 0.337 e. The highest BCUT2D eigenvalue weighted by Crippen LogP contribution is 2.18. The average molecular weight is 351 g/mol. The highest BCUT2D eigenvalue weighted by Gasteiger charge is 2.17. The molecule has 10 heteroatoms. The molecule has 0 spiro atoms. The van der Waals surface area contributed by atoms with Gasteiger partial charge in [0.25, 0.3) is 6.43 Å². The van der Waals surface area contributed by atoms with Crippen molar-refractivity contribution < 1.29 is 22.7 Å². The lowest BCUT2D eigenvalue weighted by atomic mass is 10.1. The van der Waals surface area contributed by atoms with Crippen LogP contribution in [-0.4, -0.2) is 32.9 Å². The maximum atomic E-state index is 13.9. The molecule has 0 unspecified atom stereocenters. The van der Waals surface area contributed by atoms with Crippen LogP contribution in [0.5, 0.6) is 0 Å². The molecule has 0 saturated carbocycles. The molecule has 130 valence electrons. The van der Waals surface area contributed by atoms with Crippen molar-refractivity contribution in [2.75, 3.05) is 12.4 Å². The second kappa shape index (κ2) is 6.75. The molecule has 3 aromatic rings. The van der Waals surface area contributed by atoms with E-state index >= 15 is 0 Å². The summed E-state index contributed by atoms with van der Waals surface area (Å²) in [6.07, 6.45) is -2.83. The Morgan fingerprint density at radius 2 is 2.08 bits per heavy atom. The van der Waals surface area contributed by atoms with Gasteiger partial charge in [0.2, 0.25) is 5.82 Å². The van der Waals surface area contributed by atoms with Crippen LogP contribution in [0.2, 0.25) is 0 Å². The van der Waals surface area contributed by atoms with Gasteiger partial charge in [-0.05, 0) is 30.3 Å². The van der Waals surface area contributed by atoms with E-state index in [9.17, 15) is 18.0 Å². The Balaban J connectivity index is 1.83. The van der Waals surface area contributed by atoms with Gasteiger partial charge in [0.15, 0.2) is 5.65 Å². The molecule has 1 N–H and O–H groups in total. The first kappa shape index (κ1) is 16.7. The van der Waals surface area contributed by atoms with Gasteiger partial charge >= 0.3 is 5.97 Å². The molecule has 7 nitrogen and oxygen atoms in total. The predicted octanol–water partition coefficient (Wildman–Crippen LogP) is 2.60. The molecule has 0 atom stereocenters. The van der Waals surface area contributed by atoms with Gasteiger partial charge in [0, 0.05) is 12.1 Å². The van der Waals surface area contributed by atoms with E-state index in [1.54, 1.807) is 0 Å². The number of fused-ring (bicyclic) bond motifs is 1. The number of nitrogens with zero attached hydrogens (tertiary/aromatic N) is 4. The molecule has 25 heavy (non-hydrogen) atoms. The SMILES string of the molecule is COC(=O)c1ccc(F)c(CNc2ccc3nnc(C(F)F)n3n2)c1. The summed E-state index contributed by atoms with van der Waals surface area (Å²) in [7, 11) is 1.22. The molecule has 0 aliphatic carbocycles. The lowest BCUT2D eigenvalue weighted by Gasteiger charge is -2.09. The van der Waals surface area contributed by atoms with Crippen molar-refractivity contribution in [1.29, 1.82) is 0 Å². The molecule has 1 aromatic carbocycles. The van der Waals surface area contributed by atoms with Gasteiger partial charge in [0.05, 0.1) is 12.7 Å². The number of aromatic nitrogens is 4. The van der Waals surface area contributed by atoms with Crippen LogP contribution < -0.4 is 5.32 Å². The van der Waals surface area contributed by atoms with Gasteiger partial charge in [-0.25, -0.2) is 18.0 Å². The number of benzene rings is 1. The first-order valence-electron chi connectivity index (χ1n) is 7.10. The standard InChI is InChI=1S/C15H12F3N5O2/c1-25-15(24)8-2-3-10(16)9(6-8)7-19-11-4-5-12-20-21-14(13(17)18)23(12)22-11/h2-6,13H,7H2,1H3,(H,19,22). The highest BCUT2D eigenvalue weighted by molar-refractivity contribution is 5.89. The number of methoxy groups -OCH3 is 1. The average Bonchev–Trinajstić information content (AvgIpc) is 3.03. The molecule has 0 radical (unpaired) electrons. The number of carbonyl (C=O) groups is 1. The van der Waals surface area contributed by atoms with E-state index in [-0.39, 0.29) is 29.1 Å². The summed E-state index contributed by atoms with van der Waals surface area (Å²) in [5, 5.41) is 13.7. The van der Waals surface area contributed by atoms with Crippen molar-refractivity contribution in [3.8, 4) is 0 Å². The van der Waals surface area contributed by atoms with Gasteiger partial charge in [0.1, 0.15) is 11.6 Å². The summed E-state index contributed by atoms with van der Waals surface area (Å²) in [6.45, 7) is -0.0126. The number of alkyl halides is 2. The van der Waals surface area contributed by atoms with E-state index in [0.29, 0.717) is 0 Å². The summed E-state index contributed by atoms with van der Waals surface area (Å²) in [4.78, 5) is 11.5. The second-order valence-electron chi connectivity index (χ2n) is 5.00. The summed E-state index contributed by atoms with van der Waals surface area (Å²) in [5.74, 6) is -1.49. The maximum absolute atomic E-state index is 13.9. The number of hydrogen-bond acceptors (Lipinski definition) is 6. The van der Waals surface area contributed by atoms with Crippen molar-refractivity contribution in [3.05, 3.63) is 53.1 Å². The van der Waals surface area contributed by atoms with Crippen LogP contribution >= 0.6 is 0 Å². The van der Waals surface area contributed by atoms with Gasteiger partial charge in [-0.15, -0.1) is 15.3 Å². The Labute approximate surface area is 139 Å². The number of hydrogen-bond donors (Lipinski definition) is 1. The summed E-state index contributed by atoms with van der Waals surface area (Å²) in [5.41, 5.74) is 0.560. The fourth-order valence-electron chi connectivity index (χ4n) is 2.18. The second-order valence-corrected chi connectivity index (χ2v) is 5.00. The van der Waals surface area contributed by atoms with Crippen LogP contribution in [0.25, 0.3) is 5.65 Å². The van der Waals surface area contributed by atoms with E-state index in [0.717, 1.165) is 10.6 Å². The highest BCUT2D eigenvalue weighted by atomic mass is 19.3. The topological polar surface area (TPSA) is 81.4 Å². The molecule has 3 rings (SSSR count). The summed E-state index contributed by atoms with van der Waals surface area (Å²) >= 11 is 0. The third-order valence-corrected chi connectivity index (χ3v) is 3.41. The summed E-state index contributed by atoms with van der Waals surface area (Å²) < 4.78 is 45.1. The molecular weight excluding hydrogens is 339 g/mol. The Kier molecular flexibility index (Phi) is 4.50. The van der Waals surface area contributed by atoms with Crippen LogP contribution in [0, 0.1) is 5.82 Å². The Morgan fingerprint density at radius 1 is 1.28 bits per heavy atom. The van der Waals surface area contributed by atoms with Crippen LogP contribution in [0.4, 0.5) is 19.0 Å². The molecule has 0 amide bonds. The molecule has 0 aliphatic heterocycles. The van der Waals surface area contributed by atoms with Crippen molar-refractivity contribution in [2.45, 2.75) is 13.0 Å². The first-order valence-corrected chi connectivity index (χ1v) is 7.10. The molecule has 0 fully saturated rings. The van der Waals surface area contributed by atoms with Crippen molar-refractivity contribution >= 4 is 17.4 Å². The monoisotopic (exact) mass is 351 g/mol. The van der Waals surface area contributed by atoms with Crippen molar-refractivity contribution in [2.24, 2.45) is 0 Å². The largest absolute Gasteiger partial charge is 0.465 e. The molecule has 2 aromatic heterocycles. The number of nitrogens with one attached hydrogen (secondary N) is 1. The predicted molar refractivity (Wildman–Crippen MR) is 80.8 cm³/mol. The normalized spacial score (nSPS) is 11.1. The number of anilines is 1. The maximum Gasteiger partial charge on any atom is 0.337 e. The molecule has 0 saturated heterocycles. The van der Waals surface area contributed by atoms with Crippen molar-refractivity contribution in [3.63, 3.8) is 0 Å². The molecule has 2 heterocycles. The first-order chi connectivity index (χ1) is 12.0. The fourth-order valence-corrected chi connectivity index (χ4v) is 2.18. The molecular formula is C15H12F3N5O2. The Morgan fingerprint density at radius 3 is 2.80 bits per heavy atom. The minimum atomic E-state index is -2.83. The van der Waals surface area contributed by atoms with Crippen LogP contribution in [0.3, 0.4) is 0 Å². The van der Waals surface area contributed by atoms with E-state index < -0.39 is 24.0 Å². The van der Waals surface area contributed by atoms with E-state index in [4.69, 9.17) is 0 Å². The third-order valence-electron chi connectivity index (χ3n) is 3.41. The Bertz CT molecular complexity index is 929. The van der Waals surface area contributed by atoms with Gasteiger partial charge < -0.3 is 10.1 Å². The van der Waals surface area contributed by atoms with E-state index in [1.807, 2.05) is 0 Å². The van der Waals surface area contributed by atoms with Crippen molar-refractivity contribution in [1.82, 2.24) is 19.8 Å². The minimum Gasteiger partial charge on any atom is -0.465 e. The third kappa shape index (κ3) is 3.37. The lowest BCUT2D eigenvalue weighted by Crippen LogP contribution is -2.09. The lowest BCUT2D eigenvalue weighted by molar-refractivity contribution is 0.0600. The molecule has 0 bridgehead atoms. The number of carbonyl (C=O) groups excluding carboxylic acids is 1. The Hall–Kier alpha value is -3.17. The van der Waals surface area contributed by atoms with Gasteiger partial charge in [-0.1, -0.05) is 0 Å². The fraction of sp³-hybridized carbons (Fsp3) is 0.200. The van der Waals surface area contributed by atoms with Crippen LogP contribution in [0.1, 0.15) is 28.2 Å². The number of rotatable bonds is 5. The number of esters is 1. The molecule has 0 aliphatic rings. The zero-order valence-corrected chi connectivity index (χ0v) is 12.9. The van der Waals surface area contributed by atoms with Crippen LogP contribution in [-0.2, 0) is 11.3 Å².